The van der Waals surface area contributed by atoms with Gasteiger partial charge >= 0.3 is 0 Å². The molecule has 1 saturated heterocycles. The normalized spacial score (nSPS) is 20.6. The van der Waals surface area contributed by atoms with Crippen LogP contribution in [0.15, 0.2) is 34.7 Å². The quantitative estimate of drug-likeness (QED) is 0.823. The molecule has 4 rings (SSSR count). The highest BCUT2D eigenvalue weighted by molar-refractivity contribution is 6.09. The van der Waals surface area contributed by atoms with Gasteiger partial charge in [0.25, 0.3) is 5.91 Å². The third-order valence-electron chi connectivity index (χ3n) is 5.88. The van der Waals surface area contributed by atoms with E-state index in [4.69, 9.17) is 15.3 Å². The van der Waals surface area contributed by atoms with Gasteiger partial charge in [-0.3, -0.25) is 14.5 Å². The van der Waals surface area contributed by atoms with E-state index in [-0.39, 0.29) is 24.6 Å². The van der Waals surface area contributed by atoms with E-state index in [9.17, 15) is 9.59 Å². The van der Waals surface area contributed by atoms with Gasteiger partial charge in [0.2, 0.25) is 5.91 Å². The average molecular weight is 383 g/mol. The molecule has 0 bridgehead atoms. The number of nitrogens with two attached hydrogens (primary N) is 1. The molecule has 3 N–H and O–H groups in total. The van der Waals surface area contributed by atoms with E-state index < -0.39 is 5.91 Å². The zero-order valence-electron chi connectivity index (χ0n) is 15.9. The largest absolute Gasteiger partial charge is 0.462 e. The summed E-state index contributed by atoms with van der Waals surface area (Å²) < 4.78 is 5.57. The molecule has 0 spiro atoms. The number of amides is 2. The lowest BCUT2D eigenvalue weighted by atomic mass is 9.99. The summed E-state index contributed by atoms with van der Waals surface area (Å²) in [6, 6.07) is 9.09. The van der Waals surface area contributed by atoms with Gasteiger partial charge in [-0.2, -0.15) is 0 Å². The van der Waals surface area contributed by atoms with Crippen LogP contribution in [0.4, 0.5) is 0 Å². The Balaban J connectivity index is 1.44. The second kappa shape index (κ2) is 7.41. The Morgan fingerprint density at radius 3 is 2.57 bits per heavy atom. The third-order valence-corrected chi connectivity index (χ3v) is 5.88. The molecule has 2 aromatic rings. The first-order chi connectivity index (χ1) is 13.5. The first-order valence-electron chi connectivity index (χ1n) is 9.65. The van der Waals surface area contributed by atoms with Crippen molar-refractivity contribution in [2.24, 2.45) is 5.73 Å². The monoisotopic (exact) mass is 383 g/mol. The van der Waals surface area contributed by atoms with E-state index in [0.717, 1.165) is 37.3 Å². The number of nitrogens with zero attached hydrogens (tertiary/aromatic N) is 2. The number of piperidine rings is 1. The zero-order valence-corrected chi connectivity index (χ0v) is 15.9. The van der Waals surface area contributed by atoms with Crippen LogP contribution in [0.1, 0.15) is 63.6 Å². The van der Waals surface area contributed by atoms with Crippen molar-refractivity contribution in [2.75, 3.05) is 13.1 Å². The van der Waals surface area contributed by atoms with Crippen LogP contribution in [0.5, 0.6) is 0 Å². The number of carbonyl (C=O) groups excluding carboxylic acids is 2. The highest BCUT2D eigenvalue weighted by Crippen LogP contribution is 2.38. The Morgan fingerprint density at radius 1 is 1.21 bits per heavy atom. The Bertz CT molecular complexity index is 899. The van der Waals surface area contributed by atoms with Crippen molar-refractivity contribution in [3.63, 3.8) is 0 Å². The SMILES string of the molecule is CC1c2cccc(C(N)=O)c2C(=O)N1C1CCN(Cc2ccc(CO)o2)CC1. The molecular formula is C21H25N3O4. The molecule has 148 valence electrons. The molecule has 1 aromatic heterocycles. The standard InChI is InChI=1S/C21H25N3O4/c1-13-17-3-2-4-18(20(22)26)19(17)21(27)24(13)14-7-9-23(10-8-14)11-15-5-6-16(12-25)28-15/h2-6,13-14,25H,7-12H2,1H3,(H2,22,26). The lowest BCUT2D eigenvalue weighted by Crippen LogP contribution is -2.45. The van der Waals surface area contributed by atoms with Crippen LogP contribution in [0.25, 0.3) is 0 Å². The number of hydrogen-bond donors (Lipinski definition) is 2. The summed E-state index contributed by atoms with van der Waals surface area (Å²) in [7, 11) is 0. The van der Waals surface area contributed by atoms with Crippen LogP contribution < -0.4 is 5.73 Å². The molecule has 1 aromatic carbocycles. The van der Waals surface area contributed by atoms with Crippen molar-refractivity contribution < 1.29 is 19.1 Å². The van der Waals surface area contributed by atoms with Gasteiger partial charge in [-0.25, -0.2) is 0 Å². The fourth-order valence-corrected chi connectivity index (χ4v) is 4.47. The molecule has 2 amide bonds. The number of likely N-dealkylation sites (tertiary alicyclic amines) is 1. The Morgan fingerprint density at radius 2 is 1.93 bits per heavy atom. The van der Waals surface area contributed by atoms with Crippen molar-refractivity contribution in [2.45, 2.75) is 45.0 Å². The van der Waals surface area contributed by atoms with Crippen LogP contribution in [-0.4, -0.2) is 45.9 Å². The van der Waals surface area contributed by atoms with Crippen molar-refractivity contribution in [1.29, 1.82) is 0 Å². The van der Waals surface area contributed by atoms with Crippen LogP contribution in [0.3, 0.4) is 0 Å². The summed E-state index contributed by atoms with van der Waals surface area (Å²) in [4.78, 5) is 29.1. The van der Waals surface area contributed by atoms with Crippen LogP contribution in [0.2, 0.25) is 0 Å². The average Bonchev–Trinajstić information content (AvgIpc) is 3.25. The number of rotatable bonds is 5. The smallest absolute Gasteiger partial charge is 0.255 e. The van der Waals surface area contributed by atoms with Gasteiger partial charge in [0.1, 0.15) is 18.1 Å². The highest BCUT2D eigenvalue weighted by Gasteiger charge is 2.41. The summed E-state index contributed by atoms with van der Waals surface area (Å²) in [5.74, 6) is 0.764. The van der Waals surface area contributed by atoms with E-state index in [0.29, 0.717) is 23.4 Å². The van der Waals surface area contributed by atoms with Gasteiger partial charge in [0.15, 0.2) is 0 Å². The Labute approximate surface area is 163 Å². The molecule has 2 aliphatic rings. The number of furan rings is 1. The van der Waals surface area contributed by atoms with Crippen LogP contribution in [0, 0.1) is 0 Å². The lowest BCUT2D eigenvalue weighted by molar-refractivity contribution is 0.0502. The van der Waals surface area contributed by atoms with Crippen molar-refractivity contribution in [1.82, 2.24) is 9.80 Å². The lowest BCUT2D eigenvalue weighted by Gasteiger charge is -2.38. The van der Waals surface area contributed by atoms with Gasteiger partial charge in [0, 0.05) is 19.1 Å². The number of carbonyl (C=O) groups is 2. The van der Waals surface area contributed by atoms with Gasteiger partial charge in [-0.05, 0) is 43.5 Å². The summed E-state index contributed by atoms with van der Waals surface area (Å²) in [5.41, 5.74) is 7.15. The number of fused-ring (bicyclic) bond motifs is 1. The molecular weight excluding hydrogens is 358 g/mol. The highest BCUT2D eigenvalue weighted by atomic mass is 16.4. The molecule has 7 heteroatoms. The van der Waals surface area contributed by atoms with Crippen LogP contribution in [-0.2, 0) is 13.2 Å². The predicted octanol–water partition coefficient (Wildman–Crippen LogP) is 2.05. The van der Waals surface area contributed by atoms with Crippen molar-refractivity contribution >= 4 is 11.8 Å². The number of primary amides is 1. The fraction of sp³-hybridized carbons (Fsp3) is 0.429. The summed E-state index contributed by atoms with van der Waals surface area (Å²) >= 11 is 0. The molecule has 3 heterocycles. The Kier molecular flexibility index (Phi) is 4.95. The molecule has 2 aliphatic heterocycles. The van der Waals surface area contributed by atoms with Crippen molar-refractivity contribution in [3.8, 4) is 0 Å². The van der Waals surface area contributed by atoms with Crippen LogP contribution >= 0.6 is 0 Å². The number of aliphatic hydroxyl groups is 1. The molecule has 28 heavy (non-hydrogen) atoms. The van der Waals surface area contributed by atoms with E-state index in [2.05, 4.69) is 4.90 Å². The van der Waals surface area contributed by atoms with Crippen molar-refractivity contribution in [3.05, 3.63) is 58.5 Å². The third kappa shape index (κ3) is 3.21. The first kappa shape index (κ1) is 18.7. The summed E-state index contributed by atoms with van der Waals surface area (Å²) in [5, 5.41) is 9.12. The molecule has 7 nitrogen and oxygen atoms in total. The fourth-order valence-electron chi connectivity index (χ4n) is 4.47. The first-order valence-corrected chi connectivity index (χ1v) is 9.65. The van der Waals surface area contributed by atoms with Gasteiger partial charge in [-0.15, -0.1) is 0 Å². The predicted molar refractivity (Wildman–Crippen MR) is 102 cm³/mol. The zero-order chi connectivity index (χ0) is 19.8. The number of hydrogen-bond acceptors (Lipinski definition) is 5. The summed E-state index contributed by atoms with van der Waals surface area (Å²) in [6.07, 6.45) is 1.73. The maximum atomic E-state index is 13.1. The maximum Gasteiger partial charge on any atom is 0.255 e. The van der Waals surface area contributed by atoms with E-state index in [1.54, 1.807) is 18.2 Å². The summed E-state index contributed by atoms with van der Waals surface area (Å²) in [6.45, 7) is 4.33. The van der Waals surface area contributed by atoms with Gasteiger partial charge in [-0.1, -0.05) is 12.1 Å². The minimum Gasteiger partial charge on any atom is -0.462 e. The van der Waals surface area contributed by atoms with Gasteiger partial charge in [0.05, 0.1) is 23.7 Å². The minimum absolute atomic E-state index is 0.0597. The topological polar surface area (TPSA) is 100 Å². The number of aliphatic hydroxyl groups excluding tert-OH is 1. The Hall–Kier alpha value is -2.64. The minimum atomic E-state index is -0.560. The molecule has 0 saturated carbocycles. The van der Waals surface area contributed by atoms with E-state index in [1.807, 2.05) is 24.0 Å². The van der Waals surface area contributed by atoms with Gasteiger partial charge < -0.3 is 20.2 Å². The molecule has 0 aliphatic carbocycles. The second-order valence-corrected chi connectivity index (χ2v) is 7.56. The van der Waals surface area contributed by atoms with E-state index in [1.165, 1.54) is 0 Å². The molecule has 1 atom stereocenters. The molecule has 1 unspecified atom stereocenters. The number of benzene rings is 1. The molecule has 0 radical (unpaired) electrons. The van der Waals surface area contributed by atoms with E-state index >= 15 is 0 Å². The maximum absolute atomic E-state index is 13.1. The second-order valence-electron chi connectivity index (χ2n) is 7.56. The molecule has 1 fully saturated rings.